The van der Waals surface area contributed by atoms with E-state index in [0.29, 0.717) is 42.6 Å². The Hall–Kier alpha value is -1.69. The van der Waals surface area contributed by atoms with Gasteiger partial charge in [-0.1, -0.05) is 29.3 Å². The molecule has 0 unspecified atom stereocenters. The molecule has 1 saturated heterocycles. The van der Waals surface area contributed by atoms with Gasteiger partial charge in [-0.3, -0.25) is 4.79 Å². The summed E-state index contributed by atoms with van der Waals surface area (Å²) >= 11 is 12.4. The van der Waals surface area contributed by atoms with Gasteiger partial charge in [-0.2, -0.15) is 0 Å². The monoisotopic (exact) mass is 427 g/mol. The van der Waals surface area contributed by atoms with E-state index in [0.717, 1.165) is 23.8 Å². The molecular formula is C21H21Cl2F2NO2. The molecule has 7 heteroatoms. The van der Waals surface area contributed by atoms with Gasteiger partial charge in [0.1, 0.15) is 11.6 Å². The molecule has 0 spiro atoms. The summed E-state index contributed by atoms with van der Waals surface area (Å²) in [6, 6.07) is 8.63. The molecular weight excluding hydrogens is 407 g/mol. The molecule has 0 bridgehead atoms. The van der Waals surface area contributed by atoms with Gasteiger partial charge in [-0.15, -0.1) is 0 Å². The Morgan fingerprint density at radius 3 is 2.57 bits per heavy atom. The van der Waals surface area contributed by atoms with Crippen molar-refractivity contribution in [1.82, 2.24) is 5.32 Å². The first kappa shape index (κ1) is 21.0. The lowest BCUT2D eigenvalue weighted by Crippen LogP contribution is -2.44. The molecule has 1 heterocycles. The highest BCUT2D eigenvalue weighted by molar-refractivity contribution is 6.35. The average molecular weight is 428 g/mol. The number of aryl methyl sites for hydroxylation is 1. The maximum absolute atomic E-state index is 13.7. The Kier molecular flexibility index (Phi) is 6.91. The highest BCUT2D eigenvalue weighted by atomic mass is 35.5. The van der Waals surface area contributed by atoms with Crippen LogP contribution >= 0.6 is 23.2 Å². The van der Waals surface area contributed by atoms with Gasteiger partial charge < -0.3 is 10.1 Å². The van der Waals surface area contributed by atoms with Gasteiger partial charge in [0.15, 0.2) is 0 Å². The topological polar surface area (TPSA) is 38.3 Å². The summed E-state index contributed by atoms with van der Waals surface area (Å²) in [6.07, 6.45) is 1.63. The van der Waals surface area contributed by atoms with E-state index in [9.17, 15) is 13.6 Å². The number of rotatable bonds is 6. The van der Waals surface area contributed by atoms with Gasteiger partial charge in [0.2, 0.25) is 5.91 Å². The van der Waals surface area contributed by atoms with E-state index >= 15 is 0 Å². The highest BCUT2D eigenvalue weighted by Crippen LogP contribution is 2.39. The zero-order valence-electron chi connectivity index (χ0n) is 15.2. The first-order valence-corrected chi connectivity index (χ1v) is 9.89. The second kappa shape index (κ2) is 9.21. The molecule has 0 radical (unpaired) electrons. The normalized spacial score (nSPS) is 16.0. The van der Waals surface area contributed by atoms with Crippen molar-refractivity contribution >= 4 is 29.1 Å². The van der Waals surface area contributed by atoms with E-state index in [1.165, 1.54) is 0 Å². The summed E-state index contributed by atoms with van der Waals surface area (Å²) in [4.78, 5) is 12.4. The fourth-order valence-electron chi connectivity index (χ4n) is 3.56. The Morgan fingerprint density at radius 2 is 1.86 bits per heavy atom. The SMILES string of the molecule is O=C(CCc1cc(F)ccc1F)NCC1(c2ccc(Cl)cc2Cl)CCOCC1. The van der Waals surface area contributed by atoms with Crippen molar-refractivity contribution in [3.8, 4) is 0 Å². The van der Waals surface area contributed by atoms with Crippen LogP contribution in [-0.4, -0.2) is 25.7 Å². The quantitative estimate of drug-likeness (QED) is 0.698. The lowest BCUT2D eigenvalue weighted by molar-refractivity contribution is -0.121. The lowest BCUT2D eigenvalue weighted by Gasteiger charge is -2.38. The van der Waals surface area contributed by atoms with Crippen molar-refractivity contribution in [2.24, 2.45) is 0 Å². The van der Waals surface area contributed by atoms with Gasteiger partial charge in [-0.25, -0.2) is 8.78 Å². The van der Waals surface area contributed by atoms with E-state index in [2.05, 4.69) is 5.32 Å². The summed E-state index contributed by atoms with van der Waals surface area (Å²) < 4.78 is 32.5. The van der Waals surface area contributed by atoms with Crippen LogP contribution in [0.3, 0.4) is 0 Å². The van der Waals surface area contributed by atoms with Crippen molar-refractivity contribution < 1.29 is 18.3 Å². The first-order chi connectivity index (χ1) is 13.4. The van der Waals surface area contributed by atoms with E-state index in [1.54, 1.807) is 12.1 Å². The number of benzene rings is 2. The van der Waals surface area contributed by atoms with Crippen LogP contribution in [0.5, 0.6) is 0 Å². The largest absolute Gasteiger partial charge is 0.381 e. The zero-order chi connectivity index (χ0) is 20.1. The Balaban J connectivity index is 1.67. The summed E-state index contributed by atoms with van der Waals surface area (Å²) in [6.45, 7) is 1.54. The molecule has 28 heavy (non-hydrogen) atoms. The predicted octanol–water partition coefficient (Wildman–Crippen LogP) is 5.07. The second-order valence-electron chi connectivity index (χ2n) is 7.03. The molecule has 1 amide bonds. The Morgan fingerprint density at radius 1 is 1.11 bits per heavy atom. The minimum absolute atomic E-state index is 0.0707. The van der Waals surface area contributed by atoms with Crippen LogP contribution in [0.25, 0.3) is 0 Å². The number of carbonyl (C=O) groups excluding carboxylic acids is 1. The number of halogens is 4. The maximum atomic E-state index is 13.7. The maximum Gasteiger partial charge on any atom is 0.220 e. The van der Waals surface area contributed by atoms with E-state index < -0.39 is 11.6 Å². The number of hydrogen-bond donors (Lipinski definition) is 1. The van der Waals surface area contributed by atoms with Gasteiger partial charge in [0.05, 0.1) is 0 Å². The molecule has 2 aromatic carbocycles. The lowest BCUT2D eigenvalue weighted by atomic mass is 9.74. The molecule has 150 valence electrons. The average Bonchev–Trinajstić information content (AvgIpc) is 2.67. The van der Waals surface area contributed by atoms with Crippen molar-refractivity contribution in [2.45, 2.75) is 31.1 Å². The Bertz CT molecular complexity index is 854. The van der Waals surface area contributed by atoms with Crippen LogP contribution in [-0.2, 0) is 21.4 Å². The van der Waals surface area contributed by atoms with Crippen LogP contribution in [0, 0.1) is 11.6 Å². The highest BCUT2D eigenvalue weighted by Gasteiger charge is 2.36. The number of carbonyl (C=O) groups is 1. The van der Waals surface area contributed by atoms with Crippen molar-refractivity contribution in [1.29, 1.82) is 0 Å². The van der Waals surface area contributed by atoms with Gasteiger partial charge in [0, 0.05) is 41.6 Å². The third kappa shape index (κ3) is 5.02. The third-order valence-corrected chi connectivity index (χ3v) is 5.75. The Labute approximate surface area is 173 Å². The van der Waals surface area contributed by atoms with Crippen LogP contribution in [0.1, 0.15) is 30.4 Å². The van der Waals surface area contributed by atoms with Crippen molar-refractivity contribution in [3.63, 3.8) is 0 Å². The predicted molar refractivity (Wildman–Crippen MR) is 106 cm³/mol. The van der Waals surface area contributed by atoms with Crippen molar-refractivity contribution in [2.75, 3.05) is 19.8 Å². The third-order valence-electron chi connectivity index (χ3n) is 5.21. The summed E-state index contributed by atoms with van der Waals surface area (Å²) in [7, 11) is 0. The fourth-order valence-corrected chi connectivity index (χ4v) is 4.17. The van der Waals surface area contributed by atoms with E-state index in [-0.39, 0.29) is 29.7 Å². The molecule has 1 fully saturated rings. The number of nitrogens with one attached hydrogen (secondary N) is 1. The van der Waals surface area contributed by atoms with E-state index in [1.807, 2.05) is 6.07 Å². The van der Waals surface area contributed by atoms with Crippen LogP contribution in [0.15, 0.2) is 36.4 Å². The molecule has 1 aliphatic heterocycles. The molecule has 0 saturated carbocycles. The zero-order valence-corrected chi connectivity index (χ0v) is 16.8. The summed E-state index contributed by atoms with van der Waals surface area (Å²) in [5, 5.41) is 4.05. The molecule has 3 nitrogen and oxygen atoms in total. The molecule has 0 atom stereocenters. The molecule has 0 aliphatic carbocycles. The minimum Gasteiger partial charge on any atom is -0.381 e. The van der Waals surface area contributed by atoms with Crippen LogP contribution in [0.2, 0.25) is 10.0 Å². The molecule has 2 aromatic rings. The summed E-state index contributed by atoms with van der Waals surface area (Å²) in [5.74, 6) is -1.25. The van der Waals surface area contributed by atoms with Crippen LogP contribution < -0.4 is 5.32 Å². The smallest absolute Gasteiger partial charge is 0.220 e. The minimum atomic E-state index is -0.518. The molecule has 1 aliphatic rings. The fraction of sp³-hybridized carbons (Fsp3) is 0.381. The van der Waals surface area contributed by atoms with Gasteiger partial charge in [-0.05, 0) is 60.7 Å². The number of amides is 1. The van der Waals surface area contributed by atoms with Crippen molar-refractivity contribution in [3.05, 3.63) is 69.2 Å². The molecule has 3 rings (SSSR count). The standard InChI is InChI=1S/C21H21Cl2F2NO2/c22-15-2-4-17(18(23)12-15)21(7-9-28-10-8-21)13-26-20(27)6-1-14-11-16(24)3-5-19(14)25/h2-5,11-12H,1,6-10,13H2,(H,26,27). The number of ether oxygens (including phenoxy) is 1. The van der Waals surface area contributed by atoms with Gasteiger partial charge >= 0.3 is 0 Å². The van der Waals surface area contributed by atoms with Crippen LogP contribution in [0.4, 0.5) is 8.78 Å². The van der Waals surface area contributed by atoms with E-state index in [4.69, 9.17) is 27.9 Å². The second-order valence-corrected chi connectivity index (χ2v) is 7.87. The van der Waals surface area contributed by atoms with Gasteiger partial charge in [0.25, 0.3) is 0 Å². The molecule has 0 aromatic heterocycles. The molecule has 1 N–H and O–H groups in total. The first-order valence-electron chi connectivity index (χ1n) is 9.13. The number of hydrogen-bond acceptors (Lipinski definition) is 2. The summed E-state index contributed by atoms with van der Waals surface area (Å²) in [5.41, 5.74) is 0.773.